The topological polar surface area (TPSA) is 119 Å². The molecule has 9 nitrogen and oxygen atoms in total. The fraction of sp³-hybridized carbons (Fsp3) is 0.667. The largest absolute Gasteiger partial charge is 0.419 e. The van der Waals surface area contributed by atoms with Gasteiger partial charge in [0.05, 0.1) is 23.2 Å². The van der Waals surface area contributed by atoms with Crippen molar-refractivity contribution in [3.8, 4) is 11.3 Å². The van der Waals surface area contributed by atoms with Crippen LogP contribution in [-0.2, 0) is 16.2 Å². The maximum Gasteiger partial charge on any atom is 0.419 e. The molecule has 1 saturated heterocycles. The van der Waals surface area contributed by atoms with Crippen molar-refractivity contribution in [3.05, 3.63) is 24.2 Å². The zero-order chi connectivity index (χ0) is 24.9. The molecule has 2 fully saturated rings. The van der Waals surface area contributed by atoms with Gasteiger partial charge in [0, 0.05) is 42.6 Å². The number of nitrogens with zero attached hydrogens (tertiary/aromatic N) is 5. The van der Waals surface area contributed by atoms with Crippen molar-refractivity contribution in [2.24, 2.45) is 5.73 Å². The molecule has 0 aromatic carbocycles. The highest BCUT2D eigenvalue weighted by Gasteiger charge is 2.39. The molecular formula is C21H30F3N7O2S. The van der Waals surface area contributed by atoms with Crippen LogP contribution < -0.4 is 11.1 Å². The number of alkyl halides is 3. The minimum Gasteiger partial charge on any atom is -0.351 e. The number of aromatic nitrogens is 4. The predicted octanol–water partition coefficient (Wildman–Crippen LogP) is 3.03. The number of anilines is 1. The minimum atomic E-state index is -4.63. The van der Waals surface area contributed by atoms with Crippen LogP contribution in [0.15, 0.2) is 18.6 Å². The highest BCUT2D eigenvalue weighted by atomic mass is 32.2. The molecule has 34 heavy (non-hydrogen) atoms. The van der Waals surface area contributed by atoms with Gasteiger partial charge in [-0.2, -0.15) is 18.3 Å². The van der Waals surface area contributed by atoms with Crippen molar-refractivity contribution in [2.45, 2.75) is 75.5 Å². The van der Waals surface area contributed by atoms with Crippen LogP contribution in [0.4, 0.5) is 19.1 Å². The molecule has 188 valence electrons. The summed E-state index contributed by atoms with van der Waals surface area (Å²) in [5.41, 5.74) is 4.83. The summed E-state index contributed by atoms with van der Waals surface area (Å²) in [7, 11) is -3.34. The Labute approximate surface area is 197 Å². The number of nitrogens with two attached hydrogens (primary N) is 1. The molecule has 1 aliphatic heterocycles. The quantitative estimate of drug-likeness (QED) is 0.624. The fourth-order valence-corrected chi connectivity index (χ4v) is 5.79. The van der Waals surface area contributed by atoms with E-state index in [-0.39, 0.29) is 34.8 Å². The molecule has 2 aliphatic rings. The van der Waals surface area contributed by atoms with Gasteiger partial charge in [-0.1, -0.05) is 0 Å². The Balaban J connectivity index is 1.52. The Bertz CT molecular complexity index is 1130. The first-order valence-corrected chi connectivity index (χ1v) is 12.8. The summed E-state index contributed by atoms with van der Waals surface area (Å²) in [6.07, 6.45) is 1.50. The Hall–Kier alpha value is -2.25. The van der Waals surface area contributed by atoms with E-state index in [9.17, 15) is 21.6 Å². The van der Waals surface area contributed by atoms with E-state index >= 15 is 0 Å². The average molecular weight is 502 g/mol. The fourth-order valence-electron chi connectivity index (χ4n) is 4.48. The maximum absolute atomic E-state index is 13.7. The van der Waals surface area contributed by atoms with E-state index in [1.165, 1.54) is 10.5 Å². The first-order chi connectivity index (χ1) is 15.8. The Morgan fingerprint density at radius 3 is 2.41 bits per heavy atom. The number of sulfonamides is 1. The lowest BCUT2D eigenvalue weighted by Gasteiger charge is -2.42. The minimum absolute atomic E-state index is 0.0461. The molecule has 0 spiro atoms. The number of hydrogen-bond donors (Lipinski definition) is 2. The molecule has 0 radical (unpaired) electrons. The van der Waals surface area contributed by atoms with Gasteiger partial charge in [-0.15, -0.1) is 0 Å². The summed E-state index contributed by atoms with van der Waals surface area (Å²) in [5.74, 6) is 0.0686. The molecule has 0 bridgehead atoms. The summed E-state index contributed by atoms with van der Waals surface area (Å²) in [4.78, 5) is 8.08. The van der Waals surface area contributed by atoms with Gasteiger partial charge in [0.15, 0.2) is 0 Å². The summed E-state index contributed by atoms with van der Waals surface area (Å²) >= 11 is 0. The van der Waals surface area contributed by atoms with E-state index < -0.39 is 27.0 Å². The molecule has 3 N–H and O–H groups in total. The van der Waals surface area contributed by atoms with Crippen LogP contribution in [0, 0.1) is 0 Å². The third-order valence-electron chi connectivity index (χ3n) is 6.49. The molecule has 3 heterocycles. The summed E-state index contributed by atoms with van der Waals surface area (Å²) < 4.78 is 68.9. The summed E-state index contributed by atoms with van der Waals surface area (Å²) in [5, 5.41) is 6.82. The lowest BCUT2D eigenvalue weighted by molar-refractivity contribution is -0.137. The van der Waals surface area contributed by atoms with Crippen LogP contribution in [0.1, 0.15) is 58.1 Å². The molecular weight excluding hydrogens is 471 g/mol. The highest BCUT2D eigenvalue weighted by Crippen LogP contribution is 2.40. The Morgan fingerprint density at radius 1 is 1.21 bits per heavy atom. The van der Waals surface area contributed by atoms with Crippen molar-refractivity contribution in [1.82, 2.24) is 24.1 Å². The standard InChI is InChI=1S/C21H30F3N7O2S/c1-13(2)34(32,33)30-6-4-15(5-7-30)28-19-26-11-17(21(22,23)24)18(29-19)14-10-27-31(12-14)16-8-20(3,25)9-16/h10-13,15-16H,4-9,25H2,1-3H3,(H,26,28,29). The van der Waals surface area contributed by atoms with Crippen LogP contribution in [0.25, 0.3) is 11.3 Å². The lowest BCUT2D eigenvalue weighted by Crippen LogP contribution is -2.49. The molecule has 1 saturated carbocycles. The van der Waals surface area contributed by atoms with Gasteiger partial charge in [0.25, 0.3) is 0 Å². The van der Waals surface area contributed by atoms with E-state index in [0.29, 0.717) is 38.8 Å². The van der Waals surface area contributed by atoms with Crippen LogP contribution in [0.2, 0.25) is 0 Å². The van der Waals surface area contributed by atoms with Crippen LogP contribution in [0.5, 0.6) is 0 Å². The van der Waals surface area contributed by atoms with Crippen LogP contribution in [0.3, 0.4) is 0 Å². The van der Waals surface area contributed by atoms with E-state index in [2.05, 4.69) is 20.4 Å². The van der Waals surface area contributed by atoms with Crippen molar-refractivity contribution < 1.29 is 21.6 Å². The monoisotopic (exact) mass is 501 g/mol. The van der Waals surface area contributed by atoms with E-state index in [0.717, 1.165) is 6.20 Å². The molecule has 2 aromatic rings. The number of piperidine rings is 1. The zero-order valence-electron chi connectivity index (χ0n) is 19.4. The highest BCUT2D eigenvalue weighted by molar-refractivity contribution is 7.89. The van der Waals surface area contributed by atoms with Crippen molar-refractivity contribution in [1.29, 1.82) is 0 Å². The van der Waals surface area contributed by atoms with Gasteiger partial charge in [-0.25, -0.2) is 22.7 Å². The first kappa shape index (κ1) is 24.9. The second kappa shape index (κ2) is 8.76. The number of halogens is 3. The molecule has 0 unspecified atom stereocenters. The van der Waals surface area contributed by atoms with Gasteiger partial charge in [-0.3, -0.25) is 4.68 Å². The van der Waals surface area contributed by atoms with Crippen molar-refractivity contribution in [3.63, 3.8) is 0 Å². The summed E-state index contributed by atoms with van der Waals surface area (Å²) in [6.45, 7) is 5.87. The van der Waals surface area contributed by atoms with Crippen molar-refractivity contribution >= 4 is 16.0 Å². The second-order valence-electron chi connectivity index (χ2n) is 9.79. The number of rotatable bonds is 6. The predicted molar refractivity (Wildman–Crippen MR) is 121 cm³/mol. The van der Waals surface area contributed by atoms with E-state index in [1.807, 2.05) is 6.92 Å². The molecule has 1 aliphatic carbocycles. The summed E-state index contributed by atoms with van der Waals surface area (Å²) in [6, 6.07) is -0.104. The third kappa shape index (κ3) is 5.05. The zero-order valence-corrected chi connectivity index (χ0v) is 20.2. The first-order valence-electron chi connectivity index (χ1n) is 11.3. The van der Waals surface area contributed by atoms with Gasteiger partial charge < -0.3 is 11.1 Å². The average Bonchev–Trinajstić information content (AvgIpc) is 3.21. The van der Waals surface area contributed by atoms with Gasteiger partial charge in [-0.05, 0) is 46.5 Å². The third-order valence-corrected chi connectivity index (χ3v) is 8.77. The Kier molecular flexibility index (Phi) is 6.40. The number of hydrogen-bond acceptors (Lipinski definition) is 7. The maximum atomic E-state index is 13.7. The Morgan fingerprint density at radius 2 is 1.85 bits per heavy atom. The van der Waals surface area contributed by atoms with Crippen LogP contribution >= 0.6 is 0 Å². The lowest BCUT2D eigenvalue weighted by atomic mass is 9.75. The smallest absolute Gasteiger partial charge is 0.351 e. The molecule has 13 heteroatoms. The van der Waals surface area contributed by atoms with E-state index in [1.54, 1.807) is 24.7 Å². The van der Waals surface area contributed by atoms with Crippen molar-refractivity contribution in [2.75, 3.05) is 18.4 Å². The SMILES string of the molecule is CC(C)S(=O)(=O)N1CCC(Nc2ncc(C(F)(F)F)c(-c3cnn(C4CC(C)(N)C4)c3)n2)CC1. The van der Waals surface area contributed by atoms with Gasteiger partial charge in [0.2, 0.25) is 16.0 Å². The molecule has 0 amide bonds. The van der Waals surface area contributed by atoms with E-state index in [4.69, 9.17) is 5.73 Å². The normalized spacial score (nSPS) is 24.9. The van der Waals surface area contributed by atoms with Gasteiger partial charge in [0.1, 0.15) is 5.56 Å². The second-order valence-corrected chi connectivity index (χ2v) is 12.3. The van der Waals surface area contributed by atoms with Gasteiger partial charge >= 0.3 is 6.18 Å². The molecule has 2 aromatic heterocycles. The molecule has 4 rings (SSSR count). The number of nitrogens with one attached hydrogen (secondary N) is 1. The van der Waals surface area contributed by atoms with Crippen LogP contribution in [-0.4, -0.2) is 62.4 Å². The molecule has 0 atom stereocenters.